The molecule has 0 saturated heterocycles. The molecule has 2 aliphatic rings. The second-order valence-corrected chi connectivity index (χ2v) is 10.1. The van der Waals surface area contributed by atoms with Crippen LogP contribution in [0.1, 0.15) is 47.1 Å². The SMILES string of the molecule is CN(C)c1ccc(C(C2=CCC(NC3C=CC=CC3)c3ccc#cc32)c2ccc(N(C)C)cc2)cc1. The number of hydrogen-bond acceptors (Lipinski definition) is 3. The molecule has 0 saturated carbocycles. The summed E-state index contributed by atoms with van der Waals surface area (Å²) in [5.74, 6) is 0.127. The van der Waals surface area contributed by atoms with Gasteiger partial charge in [-0.3, -0.25) is 0 Å². The van der Waals surface area contributed by atoms with Gasteiger partial charge in [-0.15, -0.1) is 0 Å². The van der Waals surface area contributed by atoms with E-state index in [-0.39, 0.29) is 12.0 Å². The van der Waals surface area contributed by atoms with Crippen molar-refractivity contribution in [3.05, 3.63) is 125 Å². The Balaban J connectivity index is 1.55. The Morgan fingerprint density at radius 1 is 0.806 bits per heavy atom. The molecule has 0 radical (unpaired) electrons. The molecule has 36 heavy (non-hydrogen) atoms. The van der Waals surface area contributed by atoms with Crippen molar-refractivity contribution in [2.45, 2.75) is 30.8 Å². The lowest BCUT2D eigenvalue weighted by Gasteiger charge is -2.32. The van der Waals surface area contributed by atoms with E-state index in [4.69, 9.17) is 0 Å². The van der Waals surface area contributed by atoms with Gasteiger partial charge in [-0.1, -0.05) is 66.8 Å². The van der Waals surface area contributed by atoms with Crippen molar-refractivity contribution in [3.63, 3.8) is 0 Å². The van der Waals surface area contributed by atoms with E-state index in [0.29, 0.717) is 6.04 Å². The highest BCUT2D eigenvalue weighted by atomic mass is 15.1. The van der Waals surface area contributed by atoms with Gasteiger partial charge in [0, 0.05) is 63.1 Å². The van der Waals surface area contributed by atoms with Gasteiger partial charge in [0.1, 0.15) is 0 Å². The molecular weight excluding hydrogens is 438 g/mol. The molecule has 2 atom stereocenters. The first-order valence-corrected chi connectivity index (χ1v) is 12.8. The van der Waals surface area contributed by atoms with E-state index in [1.807, 2.05) is 6.07 Å². The fourth-order valence-corrected chi connectivity index (χ4v) is 5.27. The zero-order chi connectivity index (χ0) is 25.1. The molecule has 0 amide bonds. The van der Waals surface area contributed by atoms with Gasteiger partial charge in [-0.2, -0.15) is 0 Å². The highest BCUT2D eigenvalue weighted by Gasteiger charge is 2.29. The third kappa shape index (κ3) is 4.96. The quantitative estimate of drug-likeness (QED) is 0.420. The Morgan fingerprint density at radius 3 is 2.00 bits per heavy atom. The first-order valence-electron chi connectivity index (χ1n) is 12.8. The van der Waals surface area contributed by atoms with Crippen LogP contribution in [0.4, 0.5) is 11.4 Å². The van der Waals surface area contributed by atoms with Crippen molar-refractivity contribution in [1.29, 1.82) is 0 Å². The predicted octanol–water partition coefficient (Wildman–Crippen LogP) is 6.55. The maximum atomic E-state index is 3.87. The Bertz CT molecular complexity index is 1210. The van der Waals surface area contributed by atoms with Crippen LogP contribution in [0.25, 0.3) is 5.57 Å². The van der Waals surface area contributed by atoms with E-state index in [1.54, 1.807) is 0 Å². The molecule has 0 fully saturated rings. The molecule has 182 valence electrons. The second-order valence-electron chi connectivity index (χ2n) is 10.1. The fraction of sp³-hybridized carbons (Fsp3) is 0.273. The molecule has 3 nitrogen and oxygen atoms in total. The lowest BCUT2D eigenvalue weighted by atomic mass is 9.76. The van der Waals surface area contributed by atoms with Gasteiger partial charge >= 0.3 is 0 Å². The third-order valence-corrected chi connectivity index (χ3v) is 7.26. The summed E-state index contributed by atoms with van der Waals surface area (Å²) in [6.07, 6.45) is 13.2. The third-order valence-electron chi connectivity index (χ3n) is 7.26. The van der Waals surface area contributed by atoms with Gasteiger partial charge in [0.15, 0.2) is 0 Å². The topological polar surface area (TPSA) is 18.5 Å². The number of anilines is 2. The monoisotopic (exact) mass is 473 g/mol. The minimum atomic E-state index is 0.127. The molecule has 0 heterocycles. The van der Waals surface area contributed by atoms with Crippen molar-refractivity contribution >= 4 is 16.9 Å². The average Bonchev–Trinajstić information content (AvgIpc) is 2.91. The zero-order valence-electron chi connectivity index (χ0n) is 21.7. The smallest absolute Gasteiger partial charge is 0.0373 e. The first-order chi connectivity index (χ1) is 17.5. The number of rotatable bonds is 7. The van der Waals surface area contributed by atoms with Crippen LogP contribution < -0.4 is 15.1 Å². The number of hydrogen-bond donors (Lipinski definition) is 1. The van der Waals surface area contributed by atoms with Crippen LogP contribution in [0.15, 0.2) is 91.0 Å². The highest BCUT2D eigenvalue weighted by Crippen LogP contribution is 2.44. The van der Waals surface area contributed by atoms with E-state index >= 15 is 0 Å². The average molecular weight is 474 g/mol. The van der Waals surface area contributed by atoms with Crippen molar-refractivity contribution in [3.8, 4) is 0 Å². The minimum Gasteiger partial charge on any atom is -0.378 e. The second kappa shape index (κ2) is 10.5. The van der Waals surface area contributed by atoms with Crippen LogP contribution in [-0.4, -0.2) is 34.2 Å². The molecular formula is C33H35N3. The summed E-state index contributed by atoms with van der Waals surface area (Å²) in [4.78, 5) is 4.29. The summed E-state index contributed by atoms with van der Waals surface area (Å²) in [5.41, 5.74) is 8.80. The van der Waals surface area contributed by atoms with Gasteiger partial charge in [0.2, 0.25) is 0 Å². The van der Waals surface area contributed by atoms with Crippen LogP contribution in [0, 0.1) is 12.1 Å². The lowest BCUT2D eigenvalue weighted by Crippen LogP contribution is -2.33. The summed E-state index contributed by atoms with van der Waals surface area (Å²) in [6, 6.07) is 29.6. The number of benzene rings is 2. The van der Waals surface area contributed by atoms with E-state index < -0.39 is 0 Å². The number of nitrogens with one attached hydrogen (secondary N) is 1. The van der Waals surface area contributed by atoms with Crippen LogP contribution in [-0.2, 0) is 0 Å². The molecule has 3 aromatic carbocycles. The van der Waals surface area contributed by atoms with Crippen molar-refractivity contribution < 1.29 is 0 Å². The van der Waals surface area contributed by atoms with Gasteiger partial charge < -0.3 is 15.1 Å². The maximum absolute atomic E-state index is 3.87. The van der Waals surface area contributed by atoms with Crippen LogP contribution >= 0.6 is 0 Å². The number of nitrogens with zero attached hydrogens (tertiary/aromatic N) is 2. The maximum Gasteiger partial charge on any atom is 0.0373 e. The highest BCUT2D eigenvalue weighted by molar-refractivity contribution is 5.78. The van der Waals surface area contributed by atoms with E-state index in [2.05, 4.69) is 140 Å². The minimum absolute atomic E-state index is 0.127. The van der Waals surface area contributed by atoms with Crippen molar-refractivity contribution in [1.82, 2.24) is 5.32 Å². The number of fused-ring (bicyclic) bond motifs is 1. The lowest BCUT2D eigenvalue weighted by molar-refractivity contribution is 0.482. The molecule has 3 aromatic rings. The van der Waals surface area contributed by atoms with E-state index in [0.717, 1.165) is 12.8 Å². The molecule has 2 unspecified atom stereocenters. The summed E-state index contributed by atoms with van der Waals surface area (Å²) in [7, 11) is 8.34. The summed E-state index contributed by atoms with van der Waals surface area (Å²) in [5, 5.41) is 3.87. The standard InChI is InChI=1S/C33H35N3/c1-35(2)27-18-14-24(15-19-27)33(25-16-20-28(21-17-25)36(3)4)31-22-23-32(30-13-9-8-12-29(30)31)34-26-10-6-5-7-11-26/h5-7,9-10,13-22,26,32-34H,11,23H2,1-4H3. The zero-order valence-corrected chi connectivity index (χ0v) is 21.7. The van der Waals surface area contributed by atoms with Crippen LogP contribution in [0.2, 0.25) is 0 Å². The molecule has 0 bridgehead atoms. The summed E-state index contributed by atoms with van der Waals surface area (Å²) in [6.45, 7) is 0. The van der Waals surface area contributed by atoms with Crippen molar-refractivity contribution in [2.75, 3.05) is 38.0 Å². The van der Waals surface area contributed by atoms with Gasteiger partial charge in [-0.05, 0) is 71.5 Å². The van der Waals surface area contributed by atoms with E-state index in [9.17, 15) is 0 Å². The molecule has 2 aliphatic carbocycles. The Kier molecular flexibility index (Phi) is 6.98. The summed E-state index contributed by atoms with van der Waals surface area (Å²) < 4.78 is 0. The molecule has 0 aromatic heterocycles. The predicted molar refractivity (Wildman–Crippen MR) is 153 cm³/mol. The first kappa shape index (κ1) is 24.0. The molecule has 5 rings (SSSR count). The summed E-state index contributed by atoms with van der Waals surface area (Å²) >= 11 is 0. The Morgan fingerprint density at radius 2 is 1.44 bits per heavy atom. The Hall–Kier alpha value is -3.74. The van der Waals surface area contributed by atoms with Crippen LogP contribution in [0.5, 0.6) is 0 Å². The molecule has 1 N–H and O–H groups in total. The normalized spacial score (nSPS) is 18.4. The Labute approximate surface area is 216 Å². The van der Waals surface area contributed by atoms with Crippen molar-refractivity contribution in [2.24, 2.45) is 0 Å². The van der Waals surface area contributed by atoms with Crippen LogP contribution in [0.3, 0.4) is 0 Å². The van der Waals surface area contributed by atoms with Gasteiger partial charge in [0.05, 0.1) is 0 Å². The van der Waals surface area contributed by atoms with Gasteiger partial charge in [0.25, 0.3) is 0 Å². The molecule has 0 aliphatic heterocycles. The van der Waals surface area contributed by atoms with Gasteiger partial charge in [-0.25, -0.2) is 0 Å². The molecule has 0 spiro atoms. The largest absolute Gasteiger partial charge is 0.378 e. The number of allylic oxidation sites excluding steroid dienone is 3. The van der Waals surface area contributed by atoms with E-state index in [1.165, 1.54) is 39.2 Å². The molecule has 3 heteroatoms. The fourth-order valence-electron chi connectivity index (χ4n) is 5.27.